The molecule has 0 unspecified atom stereocenters. The van der Waals surface area contributed by atoms with E-state index in [4.69, 9.17) is 4.74 Å². The highest BCUT2D eigenvalue weighted by atomic mass is 79.9. The Morgan fingerprint density at radius 2 is 1.86 bits per heavy atom. The maximum Gasteiger partial charge on any atom is 0.265 e. The van der Waals surface area contributed by atoms with Crippen molar-refractivity contribution in [3.63, 3.8) is 0 Å². The Labute approximate surface area is 171 Å². The lowest BCUT2D eigenvalue weighted by atomic mass is 9.99. The largest absolute Gasteiger partial charge is 0.491 e. The Bertz CT molecular complexity index is 900. The first kappa shape index (κ1) is 22.0. The Balaban J connectivity index is 0.00000136. The van der Waals surface area contributed by atoms with Gasteiger partial charge in [-0.3, -0.25) is 9.59 Å². The van der Waals surface area contributed by atoms with Crippen LogP contribution in [0.2, 0.25) is 0 Å². The van der Waals surface area contributed by atoms with Gasteiger partial charge in [-0.15, -0.1) is 0 Å². The van der Waals surface area contributed by atoms with Gasteiger partial charge in [0.1, 0.15) is 29.6 Å². The Kier molecular flexibility index (Phi) is 7.29. The number of ether oxygens (including phenoxy) is 1. The number of halogens is 3. The quantitative estimate of drug-likeness (QED) is 0.557. The van der Waals surface area contributed by atoms with E-state index in [2.05, 4.69) is 15.9 Å². The van der Waals surface area contributed by atoms with Crippen LogP contribution in [0.25, 0.3) is 0 Å². The minimum Gasteiger partial charge on any atom is -0.491 e. The molecule has 0 aliphatic carbocycles. The fraction of sp³-hybridized carbons (Fsp3) is 0.333. The zero-order valence-electron chi connectivity index (χ0n) is 16.2. The van der Waals surface area contributed by atoms with E-state index in [9.17, 15) is 18.4 Å². The normalized spacial score (nSPS) is 13.3. The molecule has 0 radical (unpaired) electrons. The van der Waals surface area contributed by atoms with Gasteiger partial charge in [-0.2, -0.15) is 0 Å². The number of aldehydes is 1. The first-order chi connectivity index (χ1) is 13.3. The zero-order valence-corrected chi connectivity index (χ0v) is 17.8. The van der Waals surface area contributed by atoms with Crippen molar-refractivity contribution in [3.8, 4) is 5.75 Å². The number of hydrogen-bond acceptors (Lipinski definition) is 3. The maximum absolute atomic E-state index is 14.7. The summed E-state index contributed by atoms with van der Waals surface area (Å²) in [6.45, 7) is 7.96. The van der Waals surface area contributed by atoms with Gasteiger partial charge in [-0.05, 0) is 51.7 Å². The summed E-state index contributed by atoms with van der Waals surface area (Å²) in [5.41, 5.74) is 0.678. The van der Waals surface area contributed by atoms with Crippen LogP contribution in [0, 0.1) is 11.6 Å². The zero-order chi connectivity index (χ0) is 21.0. The van der Waals surface area contributed by atoms with E-state index in [1.807, 2.05) is 27.7 Å². The summed E-state index contributed by atoms with van der Waals surface area (Å²) in [6, 6.07) is 5.16. The molecule has 1 aliphatic heterocycles. The van der Waals surface area contributed by atoms with E-state index in [0.717, 1.165) is 12.1 Å². The Morgan fingerprint density at radius 1 is 1.18 bits per heavy atom. The number of anilines is 1. The minimum atomic E-state index is -0.703. The van der Waals surface area contributed by atoms with Crippen molar-refractivity contribution in [1.29, 1.82) is 0 Å². The van der Waals surface area contributed by atoms with Gasteiger partial charge < -0.3 is 9.64 Å². The minimum absolute atomic E-state index is 0.0562. The molecule has 0 bridgehead atoms. The average Bonchev–Trinajstić information content (AvgIpc) is 2.81. The van der Waals surface area contributed by atoms with Gasteiger partial charge in [-0.25, -0.2) is 8.78 Å². The summed E-state index contributed by atoms with van der Waals surface area (Å²) >= 11 is 3.12. The van der Waals surface area contributed by atoms with Crippen LogP contribution in [0.5, 0.6) is 5.75 Å². The predicted octanol–water partition coefficient (Wildman–Crippen LogP) is 5.73. The molecule has 2 aromatic rings. The van der Waals surface area contributed by atoms with Crippen LogP contribution in [0.1, 0.15) is 59.9 Å². The van der Waals surface area contributed by atoms with E-state index < -0.39 is 17.5 Å². The summed E-state index contributed by atoms with van der Waals surface area (Å²) in [7, 11) is 0. The molecule has 0 saturated heterocycles. The maximum atomic E-state index is 14.7. The second-order valence-electron chi connectivity index (χ2n) is 6.27. The van der Waals surface area contributed by atoms with Crippen molar-refractivity contribution in [1.82, 2.24) is 0 Å². The van der Waals surface area contributed by atoms with Crippen LogP contribution in [-0.4, -0.2) is 25.3 Å². The molecule has 0 spiro atoms. The van der Waals surface area contributed by atoms with Crippen molar-refractivity contribution >= 4 is 33.8 Å². The van der Waals surface area contributed by atoms with Crippen LogP contribution in [0.15, 0.2) is 28.7 Å². The highest BCUT2D eigenvalue weighted by Gasteiger charge is 2.30. The summed E-state index contributed by atoms with van der Waals surface area (Å²) in [5, 5.41) is 0. The van der Waals surface area contributed by atoms with E-state index in [-0.39, 0.29) is 46.1 Å². The third kappa shape index (κ3) is 4.24. The monoisotopic (exact) mass is 453 g/mol. The molecular formula is C21H22BrF2NO3. The van der Waals surface area contributed by atoms with Gasteiger partial charge in [0.05, 0.1) is 17.8 Å². The van der Waals surface area contributed by atoms with Crippen molar-refractivity contribution < 1.29 is 23.1 Å². The number of nitrogens with zero attached hydrogens (tertiary/aromatic N) is 1. The molecule has 0 N–H and O–H groups in total. The number of benzene rings is 2. The van der Waals surface area contributed by atoms with Gasteiger partial charge in [0.15, 0.2) is 6.29 Å². The topological polar surface area (TPSA) is 46.6 Å². The summed E-state index contributed by atoms with van der Waals surface area (Å²) in [6.07, 6.45) is 0.525. The first-order valence-corrected chi connectivity index (χ1v) is 9.85. The van der Waals surface area contributed by atoms with Crippen LogP contribution in [-0.2, 0) is 0 Å². The molecule has 0 atom stereocenters. The van der Waals surface area contributed by atoms with Crippen molar-refractivity contribution in [3.05, 3.63) is 57.1 Å². The lowest BCUT2D eigenvalue weighted by molar-refractivity contribution is 0.0986. The molecule has 2 aromatic carbocycles. The third-order valence-electron chi connectivity index (χ3n) is 4.26. The molecule has 7 heteroatoms. The molecule has 3 rings (SSSR count). The molecule has 1 amide bonds. The summed E-state index contributed by atoms with van der Waals surface area (Å²) in [4.78, 5) is 25.6. The highest BCUT2D eigenvalue weighted by Crippen LogP contribution is 2.34. The van der Waals surface area contributed by atoms with E-state index in [1.54, 1.807) is 6.07 Å². The van der Waals surface area contributed by atoms with Crippen LogP contribution < -0.4 is 9.64 Å². The van der Waals surface area contributed by atoms with Gasteiger partial charge >= 0.3 is 0 Å². The van der Waals surface area contributed by atoms with Crippen LogP contribution in [0.3, 0.4) is 0 Å². The van der Waals surface area contributed by atoms with Gasteiger partial charge in [0.25, 0.3) is 5.91 Å². The van der Waals surface area contributed by atoms with Gasteiger partial charge in [0.2, 0.25) is 0 Å². The lowest BCUT2D eigenvalue weighted by Gasteiger charge is -2.22. The average molecular weight is 454 g/mol. The molecule has 150 valence electrons. The number of amides is 1. The number of hydrogen-bond donors (Lipinski definition) is 0. The van der Waals surface area contributed by atoms with Gasteiger partial charge in [-0.1, -0.05) is 27.7 Å². The second-order valence-corrected chi connectivity index (χ2v) is 7.13. The number of carbonyl (C=O) groups is 2. The number of fused-ring (bicyclic) bond motifs is 1. The SMILES string of the molecule is CC.CC(C)c1cc(F)c2c(c1)OCCN(c1cc(F)cc(Br)c1C=O)C2=O. The fourth-order valence-corrected chi connectivity index (χ4v) is 3.40. The lowest BCUT2D eigenvalue weighted by Crippen LogP contribution is -2.33. The Hall–Kier alpha value is -2.28. The van der Waals surface area contributed by atoms with E-state index >= 15 is 0 Å². The van der Waals surface area contributed by atoms with Gasteiger partial charge in [0, 0.05) is 4.47 Å². The Morgan fingerprint density at radius 3 is 2.46 bits per heavy atom. The van der Waals surface area contributed by atoms with Crippen molar-refractivity contribution in [2.75, 3.05) is 18.1 Å². The molecule has 1 heterocycles. The smallest absolute Gasteiger partial charge is 0.265 e. The number of carbonyl (C=O) groups excluding carboxylic acids is 2. The second kappa shape index (κ2) is 9.28. The van der Waals surface area contributed by atoms with Crippen LogP contribution >= 0.6 is 15.9 Å². The molecule has 0 fully saturated rings. The number of rotatable bonds is 3. The summed E-state index contributed by atoms with van der Waals surface area (Å²) in [5.74, 6) is -1.78. The van der Waals surface area contributed by atoms with E-state index in [0.29, 0.717) is 11.8 Å². The molecular weight excluding hydrogens is 432 g/mol. The van der Waals surface area contributed by atoms with Crippen molar-refractivity contribution in [2.24, 2.45) is 0 Å². The third-order valence-corrected chi connectivity index (χ3v) is 4.91. The standard InChI is InChI=1S/C19H16BrF2NO3.C2H6/c1-10(2)11-5-15(22)18-17(6-11)26-4-3-23(19(18)25)16-8-12(21)7-14(20)13(16)9-24;1-2/h5-10H,3-4H2,1-2H3;1-2H3. The predicted molar refractivity (Wildman–Crippen MR) is 108 cm³/mol. The fourth-order valence-electron chi connectivity index (χ4n) is 2.88. The molecule has 1 aliphatic rings. The first-order valence-electron chi connectivity index (χ1n) is 9.05. The molecule has 28 heavy (non-hydrogen) atoms. The molecule has 4 nitrogen and oxygen atoms in total. The molecule has 0 saturated carbocycles. The highest BCUT2D eigenvalue weighted by molar-refractivity contribution is 9.10. The van der Waals surface area contributed by atoms with Crippen molar-refractivity contribution in [2.45, 2.75) is 33.6 Å². The molecule has 0 aromatic heterocycles. The summed E-state index contributed by atoms with van der Waals surface area (Å²) < 4.78 is 34.3. The van der Waals surface area contributed by atoms with Crippen LogP contribution in [0.4, 0.5) is 14.5 Å². The van der Waals surface area contributed by atoms with E-state index in [1.165, 1.54) is 11.0 Å².